The molecule has 2 unspecified atom stereocenters. The van der Waals surface area contributed by atoms with Crippen molar-refractivity contribution >= 4 is 12.0 Å². The van der Waals surface area contributed by atoms with Crippen LogP contribution in [0.2, 0.25) is 0 Å². The van der Waals surface area contributed by atoms with E-state index in [1.807, 2.05) is 13.8 Å². The molecule has 0 aromatic heterocycles. The number of hydrogen-bond donors (Lipinski definition) is 2. The minimum absolute atomic E-state index is 0.0363. The number of nitrogens with one attached hydrogen (secondary N) is 1. The van der Waals surface area contributed by atoms with Crippen molar-refractivity contribution in [2.45, 2.75) is 32.4 Å². The summed E-state index contributed by atoms with van der Waals surface area (Å²) in [5.41, 5.74) is 0. The third-order valence-corrected chi connectivity index (χ3v) is 2.57. The highest BCUT2D eigenvalue weighted by atomic mass is 16.5. The molecule has 0 saturated carbocycles. The van der Waals surface area contributed by atoms with Gasteiger partial charge in [0.2, 0.25) is 0 Å². The Balaban J connectivity index is 4.10. The van der Waals surface area contributed by atoms with E-state index in [4.69, 9.17) is 9.84 Å². The third-order valence-electron chi connectivity index (χ3n) is 2.57. The zero-order valence-electron chi connectivity index (χ0n) is 10.2. The van der Waals surface area contributed by atoms with Gasteiger partial charge in [-0.15, -0.1) is 0 Å². The summed E-state index contributed by atoms with van der Waals surface area (Å²) in [6, 6.07) is -0.177. The zero-order chi connectivity index (χ0) is 12.7. The van der Waals surface area contributed by atoms with Crippen LogP contribution in [0, 0.1) is 0 Å². The first-order valence-electron chi connectivity index (χ1n) is 5.20. The molecule has 2 N–H and O–H groups in total. The minimum atomic E-state index is -1.09. The molecule has 0 aromatic rings. The summed E-state index contributed by atoms with van der Waals surface area (Å²) in [7, 11) is 2.97. The molecule has 2 amide bonds. The van der Waals surface area contributed by atoms with Crippen LogP contribution in [0.3, 0.4) is 0 Å². The second-order valence-electron chi connectivity index (χ2n) is 3.62. The Morgan fingerprint density at radius 2 is 2.06 bits per heavy atom. The van der Waals surface area contributed by atoms with Crippen molar-refractivity contribution in [2.24, 2.45) is 0 Å². The summed E-state index contributed by atoms with van der Waals surface area (Å²) in [6.45, 7) is 3.86. The van der Waals surface area contributed by atoms with Gasteiger partial charge >= 0.3 is 12.0 Å². The highest BCUT2D eigenvalue weighted by Gasteiger charge is 2.19. The fourth-order valence-electron chi connectivity index (χ4n) is 1.05. The number of carbonyl (C=O) groups excluding carboxylic acids is 1. The molecule has 6 heteroatoms. The van der Waals surface area contributed by atoms with Crippen LogP contribution in [0.5, 0.6) is 0 Å². The number of aliphatic carboxylic acids is 1. The summed E-state index contributed by atoms with van der Waals surface area (Å²) < 4.78 is 4.70. The molecule has 0 aliphatic rings. The number of carbonyl (C=O) groups is 2. The zero-order valence-corrected chi connectivity index (χ0v) is 10.2. The van der Waals surface area contributed by atoms with Crippen molar-refractivity contribution in [1.29, 1.82) is 0 Å². The van der Waals surface area contributed by atoms with Crippen LogP contribution in [-0.4, -0.2) is 54.9 Å². The Bertz CT molecular complexity index is 245. The van der Waals surface area contributed by atoms with Crippen molar-refractivity contribution < 1.29 is 19.4 Å². The molecular weight excluding hydrogens is 212 g/mol. The summed E-state index contributed by atoms with van der Waals surface area (Å²) in [4.78, 5) is 23.7. The van der Waals surface area contributed by atoms with E-state index in [0.29, 0.717) is 0 Å². The number of rotatable bonds is 6. The lowest BCUT2D eigenvalue weighted by Gasteiger charge is -2.24. The molecule has 0 saturated heterocycles. The fourth-order valence-corrected chi connectivity index (χ4v) is 1.05. The maximum absolute atomic E-state index is 11.6. The van der Waals surface area contributed by atoms with Crippen LogP contribution in [0.25, 0.3) is 0 Å². The third kappa shape index (κ3) is 4.48. The normalized spacial score (nSPS) is 14.0. The minimum Gasteiger partial charge on any atom is -0.479 e. The fraction of sp³-hybridized carbons (Fsp3) is 0.800. The van der Waals surface area contributed by atoms with Crippen molar-refractivity contribution in [3.63, 3.8) is 0 Å². The number of carboxylic acids is 1. The van der Waals surface area contributed by atoms with Crippen LogP contribution < -0.4 is 5.32 Å². The van der Waals surface area contributed by atoms with Crippen molar-refractivity contribution in [1.82, 2.24) is 10.2 Å². The molecule has 6 nitrogen and oxygen atoms in total. The molecule has 0 radical (unpaired) electrons. The molecule has 0 aliphatic carbocycles. The van der Waals surface area contributed by atoms with Crippen LogP contribution in [0.15, 0.2) is 0 Å². The molecule has 16 heavy (non-hydrogen) atoms. The van der Waals surface area contributed by atoms with Gasteiger partial charge in [-0.2, -0.15) is 0 Å². The van der Waals surface area contributed by atoms with Gasteiger partial charge in [0.05, 0.1) is 6.54 Å². The number of urea groups is 1. The van der Waals surface area contributed by atoms with E-state index in [1.165, 1.54) is 12.0 Å². The van der Waals surface area contributed by atoms with Crippen molar-refractivity contribution in [2.75, 3.05) is 20.7 Å². The van der Waals surface area contributed by atoms with E-state index in [1.54, 1.807) is 7.05 Å². The van der Waals surface area contributed by atoms with Gasteiger partial charge in [-0.3, -0.25) is 0 Å². The van der Waals surface area contributed by atoms with E-state index < -0.39 is 12.1 Å². The second kappa shape index (κ2) is 7.05. The topological polar surface area (TPSA) is 78.9 Å². The summed E-state index contributed by atoms with van der Waals surface area (Å²) in [6.07, 6.45) is -0.161. The van der Waals surface area contributed by atoms with Crippen molar-refractivity contribution in [3.8, 4) is 0 Å². The van der Waals surface area contributed by atoms with E-state index in [2.05, 4.69) is 5.32 Å². The van der Waals surface area contributed by atoms with Crippen LogP contribution in [0.1, 0.15) is 20.3 Å². The van der Waals surface area contributed by atoms with Gasteiger partial charge < -0.3 is 20.1 Å². The lowest BCUT2D eigenvalue weighted by Crippen LogP contribution is -2.46. The number of hydrogen-bond acceptors (Lipinski definition) is 3. The molecule has 94 valence electrons. The van der Waals surface area contributed by atoms with E-state index in [0.717, 1.165) is 6.42 Å². The van der Waals surface area contributed by atoms with Gasteiger partial charge in [0.15, 0.2) is 6.10 Å². The maximum atomic E-state index is 11.6. The molecular formula is C10H20N2O4. The standard InChI is InChI=1S/C10H20N2O4/c1-5-7(2)12(3)10(15)11-6-8(16-4)9(13)14/h7-8H,5-6H2,1-4H3,(H,11,15)(H,13,14). The molecule has 0 heterocycles. The maximum Gasteiger partial charge on any atom is 0.334 e. The number of ether oxygens (including phenoxy) is 1. The second-order valence-corrected chi connectivity index (χ2v) is 3.62. The predicted octanol–water partition coefficient (Wildman–Crippen LogP) is 0.526. The van der Waals surface area contributed by atoms with Crippen LogP contribution in [0.4, 0.5) is 4.79 Å². The Morgan fingerprint density at radius 3 is 2.44 bits per heavy atom. The van der Waals surface area contributed by atoms with Crippen LogP contribution >= 0.6 is 0 Å². The summed E-state index contributed by atoms with van der Waals surface area (Å²) >= 11 is 0. The Hall–Kier alpha value is -1.30. The molecule has 0 aromatic carbocycles. The summed E-state index contributed by atoms with van der Waals surface area (Å²) in [5.74, 6) is -1.09. The first kappa shape index (κ1) is 14.7. The Kier molecular flexibility index (Phi) is 6.48. The van der Waals surface area contributed by atoms with Crippen molar-refractivity contribution in [3.05, 3.63) is 0 Å². The first-order chi connectivity index (χ1) is 7.43. The summed E-state index contributed by atoms with van der Waals surface area (Å²) in [5, 5.41) is 11.2. The molecule has 0 spiro atoms. The molecule has 2 atom stereocenters. The highest BCUT2D eigenvalue weighted by molar-refractivity contribution is 5.77. The Morgan fingerprint density at radius 1 is 1.50 bits per heavy atom. The monoisotopic (exact) mass is 232 g/mol. The van der Waals surface area contributed by atoms with Gasteiger partial charge in [0.1, 0.15) is 0 Å². The predicted molar refractivity (Wildman–Crippen MR) is 59.3 cm³/mol. The number of carboxylic acid groups (broad SMARTS) is 1. The molecule has 0 rings (SSSR count). The lowest BCUT2D eigenvalue weighted by molar-refractivity contribution is -0.148. The Labute approximate surface area is 95.6 Å². The number of amides is 2. The van der Waals surface area contributed by atoms with Gasteiger partial charge in [-0.25, -0.2) is 9.59 Å². The van der Waals surface area contributed by atoms with E-state index in [-0.39, 0.29) is 18.6 Å². The van der Waals surface area contributed by atoms with Gasteiger partial charge in [0, 0.05) is 20.2 Å². The van der Waals surface area contributed by atoms with Gasteiger partial charge in [0.25, 0.3) is 0 Å². The van der Waals surface area contributed by atoms with Gasteiger partial charge in [-0.05, 0) is 13.3 Å². The number of methoxy groups -OCH3 is 1. The average Bonchev–Trinajstić information content (AvgIpc) is 2.26. The molecule has 0 bridgehead atoms. The van der Waals surface area contributed by atoms with Gasteiger partial charge in [-0.1, -0.05) is 6.92 Å². The quantitative estimate of drug-likeness (QED) is 0.700. The average molecular weight is 232 g/mol. The smallest absolute Gasteiger partial charge is 0.334 e. The number of nitrogens with zero attached hydrogens (tertiary/aromatic N) is 1. The SMILES string of the molecule is CCC(C)N(C)C(=O)NCC(OC)C(=O)O. The largest absolute Gasteiger partial charge is 0.479 e. The molecule has 0 aliphatic heterocycles. The first-order valence-corrected chi connectivity index (χ1v) is 5.20. The van der Waals surface area contributed by atoms with Crippen LogP contribution in [-0.2, 0) is 9.53 Å². The van der Waals surface area contributed by atoms with E-state index in [9.17, 15) is 9.59 Å². The van der Waals surface area contributed by atoms with E-state index >= 15 is 0 Å². The lowest BCUT2D eigenvalue weighted by atomic mass is 10.2. The molecule has 0 fully saturated rings. The highest BCUT2D eigenvalue weighted by Crippen LogP contribution is 2.00.